The van der Waals surface area contributed by atoms with Gasteiger partial charge in [0.1, 0.15) is 11.6 Å². The van der Waals surface area contributed by atoms with Gasteiger partial charge in [-0.05, 0) is 30.3 Å². The number of carbonyl (C=O) groups is 1. The Morgan fingerprint density at radius 1 is 1.24 bits per heavy atom. The molecule has 0 aliphatic rings. The summed E-state index contributed by atoms with van der Waals surface area (Å²) in [5.74, 6) is 4.67. The van der Waals surface area contributed by atoms with Crippen molar-refractivity contribution >= 4 is 28.9 Å². The summed E-state index contributed by atoms with van der Waals surface area (Å²) in [4.78, 5) is 12.3. The first kappa shape index (κ1) is 15.1. The summed E-state index contributed by atoms with van der Waals surface area (Å²) >= 11 is 5.88. The molecule has 0 saturated carbocycles. The lowest BCUT2D eigenvalue weighted by Crippen LogP contribution is -2.17. The Hall–Kier alpha value is -2.31. The summed E-state index contributed by atoms with van der Waals surface area (Å²) < 4.78 is 18.2. The van der Waals surface area contributed by atoms with E-state index in [-0.39, 0.29) is 11.3 Å². The molecule has 5 nitrogen and oxygen atoms in total. The van der Waals surface area contributed by atoms with Crippen LogP contribution in [0.4, 0.5) is 15.8 Å². The van der Waals surface area contributed by atoms with Gasteiger partial charge in [-0.25, -0.2) is 4.39 Å². The Morgan fingerprint density at radius 2 is 1.95 bits per heavy atom. The van der Waals surface area contributed by atoms with Crippen molar-refractivity contribution in [2.45, 2.75) is 0 Å². The zero-order chi connectivity index (χ0) is 15.4. The smallest absolute Gasteiger partial charge is 0.257 e. The maximum absolute atomic E-state index is 13.1. The molecule has 21 heavy (non-hydrogen) atoms. The molecular formula is C14H13ClFN3O2. The number of nitrogen functional groups attached to an aromatic ring is 1. The van der Waals surface area contributed by atoms with Gasteiger partial charge in [0.15, 0.2) is 0 Å². The second kappa shape index (κ2) is 6.43. The number of nitrogens with one attached hydrogen (secondary N) is 2. The zero-order valence-electron chi connectivity index (χ0n) is 11.1. The Morgan fingerprint density at radius 3 is 2.62 bits per heavy atom. The molecule has 4 N–H and O–H groups in total. The van der Waals surface area contributed by atoms with Gasteiger partial charge in [0, 0.05) is 11.1 Å². The largest absolute Gasteiger partial charge is 0.494 e. The molecule has 0 unspecified atom stereocenters. The molecule has 2 aromatic rings. The highest BCUT2D eigenvalue weighted by Gasteiger charge is 2.14. The van der Waals surface area contributed by atoms with Gasteiger partial charge in [0.2, 0.25) is 0 Å². The van der Waals surface area contributed by atoms with Crippen LogP contribution >= 0.6 is 11.6 Å². The van der Waals surface area contributed by atoms with E-state index in [2.05, 4.69) is 10.7 Å². The number of rotatable bonds is 4. The third kappa shape index (κ3) is 3.42. The van der Waals surface area contributed by atoms with Crippen molar-refractivity contribution in [3.05, 3.63) is 52.8 Å². The van der Waals surface area contributed by atoms with Crippen LogP contribution in [0.5, 0.6) is 5.75 Å². The van der Waals surface area contributed by atoms with Crippen LogP contribution in [-0.2, 0) is 0 Å². The number of hydrazine groups is 1. The van der Waals surface area contributed by atoms with Crippen molar-refractivity contribution in [1.29, 1.82) is 0 Å². The van der Waals surface area contributed by atoms with E-state index in [1.165, 1.54) is 31.4 Å². The van der Waals surface area contributed by atoms with Gasteiger partial charge in [-0.2, -0.15) is 0 Å². The standard InChI is InChI=1S/C14H13ClFN3O2/c1-21-13-7-9(16)3-5-12(13)18-14(20)10-6-8(15)2-4-11(10)19-17/h2-7,19H,17H2,1H3,(H,18,20). The van der Waals surface area contributed by atoms with Crippen LogP contribution in [0.1, 0.15) is 10.4 Å². The monoisotopic (exact) mass is 309 g/mol. The number of benzene rings is 2. The highest BCUT2D eigenvalue weighted by atomic mass is 35.5. The molecule has 0 bridgehead atoms. The summed E-state index contributed by atoms with van der Waals surface area (Å²) in [6.07, 6.45) is 0. The van der Waals surface area contributed by atoms with E-state index in [1.54, 1.807) is 12.1 Å². The number of halogens is 2. The molecule has 0 atom stereocenters. The van der Waals surface area contributed by atoms with Gasteiger partial charge in [-0.3, -0.25) is 10.6 Å². The van der Waals surface area contributed by atoms with Gasteiger partial charge in [-0.15, -0.1) is 0 Å². The molecule has 0 saturated heterocycles. The predicted octanol–water partition coefficient (Wildman–Crippen LogP) is 3.03. The quantitative estimate of drug-likeness (QED) is 0.599. The lowest BCUT2D eigenvalue weighted by atomic mass is 10.1. The molecule has 0 aliphatic carbocycles. The zero-order valence-corrected chi connectivity index (χ0v) is 11.9. The highest BCUT2D eigenvalue weighted by molar-refractivity contribution is 6.31. The first-order valence-electron chi connectivity index (χ1n) is 5.96. The maximum Gasteiger partial charge on any atom is 0.257 e. The maximum atomic E-state index is 13.1. The van der Waals surface area contributed by atoms with E-state index < -0.39 is 11.7 Å². The van der Waals surface area contributed by atoms with Crippen LogP contribution in [0.15, 0.2) is 36.4 Å². The average Bonchev–Trinajstić information content (AvgIpc) is 2.48. The summed E-state index contributed by atoms with van der Waals surface area (Å²) in [6.45, 7) is 0. The normalized spacial score (nSPS) is 10.1. The van der Waals surface area contributed by atoms with Gasteiger partial charge in [0.25, 0.3) is 5.91 Å². The van der Waals surface area contributed by atoms with E-state index in [9.17, 15) is 9.18 Å². The van der Waals surface area contributed by atoms with E-state index in [4.69, 9.17) is 22.2 Å². The van der Waals surface area contributed by atoms with Crippen molar-refractivity contribution in [3.63, 3.8) is 0 Å². The second-order valence-electron chi connectivity index (χ2n) is 4.13. The lowest BCUT2D eigenvalue weighted by molar-refractivity contribution is 0.102. The molecule has 0 radical (unpaired) electrons. The Bertz CT molecular complexity index is 679. The predicted molar refractivity (Wildman–Crippen MR) is 80.2 cm³/mol. The van der Waals surface area contributed by atoms with Gasteiger partial charge in [-0.1, -0.05) is 11.6 Å². The average molecular weight is 310 g/mol. The minimum atomic E-state index is -0.461. The molecule has 0 heterocycles. The van der Waals surface area contributed by atoms with Gasteiger partial charge >= 0.3 is 0 Å². The first-order chi connectivity index (χ1) is 10.0. The van der Waals surface area contributed by atoms with Crippen molar-refractivity contribution < 1.29 is 13.9 Å². The van der Waals surface area contributed by atoms with Crippen molar-refractivity contribution in [1.82, 2.24) is 0 Å². The Kier molecular flexibility index (Phi) is 4.62. The first-order valence-corrected chi connectivity index (χ1v) is 6.34. The minimum absolute atomic E-state index is 0.215. The van der Waals surface area contributed by atoms with Gasteiger partial charge in [0.05, 0.1) is 24.0 Å². The highest BCUT2D eigenvalue weighted by Crippen LogP contribution is 2.27. The van der Waals surface area contributed by atoms with Crippen LogP contribution in [0.2, 0.25) is 5.02 Å². The van der Waals surface area contributed by atoms with Crippen LogP contribution in [0.3, 0.4) is 0 Å². The summed E-state index contributed by atoms with van der Waals surface area (Å²) in [7, 11) is 1.39. The molecule has 2 rings (SSSR count). The topological polar surface area (TPSA) is 76.4 Å². The number of amides is 1. The van der Waals surface area contributed by atoms with E-state index in [0.29, 0.717) is 16.4 Å². The number of carbonyl (C=O) groups excluding carboxylic acids is 1. The van der Waals surface area contributed by atoms with E-state index >= 15 is 0 Å². The fourth-order valence-electron chi connectivity index (χ4n) is 1.79. The number of methoxy groups -OCH3 is 1. The van der Waals surface area contributed by atoms with E-state index in [1.807, 2.05) is 0 Å². The molecule has 2 aromatic carbocycles. The molecule has 0 fully saturated rings. The molecule has 0 spiro atoms. The number of hydrogen-bond acceptors (Lipinski definition) is 4. The summed E-state index contributed by atoms with van der Waals surface area (Å²) in [5, 5.41) is 3.02. The SMILES string of the molecule is COc1cc(F)ccc1NC(=O)c1cc(Cl)ccc1NN. The number of anilines is 2. The van der Waals surface area contributed by atoms with E-state index in [0.717, 1.165) is 0 Å². The summed E-state index contributed by atoms with van der Waals surface area (Å²) in [6, 6.07) is 8.47. The molecular weight excluding hydrogens is 297 g/mol. The molecule has 1 amide bonds. The van der Waals surface area contributed by atoms with Crippen molar-refractivity contribution in [3.8, 4) is 5.75 Å². The fourth-order valence-corrected chi connectivity index (χ4v) is 1.96. The van der Waals surface area contributed by atoms with Crippen molar-refractivity contribution in [2.75, 3.05) is 17.9 Å². The third-order valence-electron chi connectivity index (χ3n) is 2.79. The molecule has 7 heteroatoms. The molecule has 110 valence electrons. The number of nitrogens with two attached hydrogens (primary N) is 1. The Labute approximate surface area is 125 Å². The fraction of sp³-hybridized carbons (Fsp3) is 0.0714. The third-order valence-corrected chi connectivity index (χ3v) is 3.03. The van der Waals surface area contributed by atoms with Gasteiger partial charge < -0.3 is 15.5 Å². The minimum Gasteiger partial charge on any atom is -0.494 e. The van der Waals surface area contributed by atoms with Crippen LogP contribution in [0, 0.1) is 5.82 Å². The van der Waals surface area contributed by atoms with Crippen LogP contribution in [-0.4, -0.2) is 13.0 Å². The molecule has 0 aromatic heterocycles. The van der Waals surface area contributed by atoms with Crippen molar-refractivity contribution in [2.24, 2.45) is 5.84 Å². The number of hydrogen-bond donors (Lipinski definition) is 3. The summed E-state index contributed by atoms with van der Waals surface area (Å²) in [5.41, 5.74) is 3.43. The lowest BCUT2D eigenvalue weighted by Gasteiger charge is -2.12. The second-order valence-corrected chi connectivity index (χ2v) is 4.57. The van der Waals surface area contributed by atoms with Crippen LogP contribution in [0.25, 0.3) is 0 Å². The van der Waals surface area contributed by atoms with Crippen LogP contribution < -0.4 is 21.3 Å². The Balaban J connectivity index is 2.32. The molecule has 0 aliphatic heterocycles. The number of ether oxygens (including phenoxy) is 1.